The lowest BCUT2D eigenvalue weighted by molar-refractivity contribution is -0.121. The van der Waals surface area contributed by atoms with E-state index in [9.17, 15) is 4.79 Å². The molecule has 3 heteroatoms. The summed E-state index contributed by atoms with van der Waals surface area (Å²) in [5, 5.41) is 4.05. The number of allylic oxidation sites excluding steroid dienone is 2. The maximum absolute atomic E-state index is 11.6. The highest BCUT2D eigenvalue weighted by molar-refractivity contribution is 5.77. The van der Waals surface area contributed by atoms with Gasteiger partial charge in [0.2, 0.25) is 5.91 Å². The quantitative estimate of drug-likeness (QED) is 0.491. The maximum atomic E-state index is 11.6. The van der Waals surface area contributed by atoms with Crippen LogP contribution in [0.2, 0.25) is 0 Å². The normalized spacial score (nSPS) is 18.6. The summed E-state index contributed by atoms with van der Waals surface area (Å²) in [5.41, 5.74) is 3.79. The van der Waals surface area contributed by atoms with Gasteiger partial charge >= 0.3 is 0 Å². The molecule has 1 N–H and O–H groups in total. The predicted octanol–water partition coefficient (Wildman–Crippen LogP) is 3.08. The highest BCUT2D eigenvalue weighted by Crippen LogP contribution is 2.15. The van der Waals surface area contributed by atoms with Crippen molar-refractivity contribution in [3.05, 3.63) is 48.0 Å². The van der Waals surface area contributed by atoms with Gasteiger partial charge in [0.05, 0.1) is 0 Å². The van der Waals surface area contributed by atoms with Crippen molar-refractivity contribution < 1.29 is 4.79 Å². The molecular formula is C16H20N2O. The standard InChI is InChI=1S/C16H20N2O/c19-16(12-11-14-7-3-1-4-8-14)18-17-13-15-9-5-2-6-10-15/h1-5,7-8,13,15H,6,9-12H2,(H,18,19)/b17-13+. The van der Waals surface area contributed by atoms with Crippen molar-refractivity contribution in [2.45, 2.75) is 32.1 Å². The van der Waals surface area contributed by atoms with Crippen molar-refractivity contribution in [2.24, 2.45) is 11.0 Å². The monoisotopic (exact) mass is 256 g/mol. The van der Waals surface area contributed by atoms with Crippen LogP contribution in [0.5, 0.6) is 0 Å². The van der Waals surface area contributed by atoms with Crippen LogP contribution >= 0.6 is 0 Å². The summed E-state index contributed by atoms with van der Waals surface area (Å²) in [7, 11) is 0. The minimum absolute atomic E-state index is 0.0218. The van der Waals surface area contributed by atoms with Gasteiger partial charge in [-0.05, 0) is 37.2 Å². The summed E-state index contributed by atoms with van der Waals surface area (Å²) in [6.07, 6.45) is 10.7. The molecule has 1 aromatic rings. The molecule has 0 heterocycles. The molecule has 1 atom stereocenters. The number of hydrazone groups is 1. The Morgan fingerprint density at radius 1 is 1.32 bits per heavy atom. The Morgan fingerprint density at radius 3 is 2.89 bits per heavy atom. The second kappa shape index (κ2) is 7.52. The van der Waals surface area contributed by atoms with E-state index in [1.54, 1.807) is 0 Å². The van der Waals surface area contributed by atoms with Crippen LogP contribution in [0.4, 0.5) is 0 Å². The second-order valence-electron chi connectivity index (χ2n) is 4.84. The van der Waals surface area contributed by atoms with Gasteiger partial charge < -0.3 is 0 Å². The fourth-order valence-corrected chi connectivity index (χ4v) is 2.13. The van der Waals surface area contributed by atoms with Gasteiger partial charge in [0, 0.05) is 12.6 Å². The van der Waals surface area contributed by atoms with Crippen molar-refractivity contribution in [3.8, 4) is 0 Å². The summed E-state index contributed by atoms with van der Waals surface area (Å²) in [5.74, 6) is 0.450. The van der Waals surface area contributed by atoms with Crippen molar-refractivity contribution >= 4 is 12.1 Å². The summed E-state index contributed by atoms with van der Waals surface area (Å²) < 4.78 is 0. The lowest BCUT2D eigenvalue weighted by Crippen LogP contribution is -2.19. The lowest BCUT2D eigenvalue weighted by atomic mass is 9.96. The Kier molecular flexibility index (Phi) is 5.35. The molecule has 2 rings (SSSR count). The number of hydrogen-bond acceptors (Lipinski definition) is 2. The first kappa shape index (κ1) is 13.5. The zero-order valence-corrected chi connectivity index (χ0v) is 11.1. The summed E-state index contributed by atoms with van der Waals surface area (Å²) >= 11 is 0. The third-order valence-electron chi connectivity index (χ3n) is 3.27. The Balaban J connectivity index is 1.67. The number of carbonyl (C=O) groups excluding carboxylic acids is 1. The summed E-state index contributed by atoms with van der Waals surface area (Å²) in [6.45, 7) is 0. The van der Waals surface area contributed by atoms with Gasteiger partial charge in [0.15, 0.2) is 0 Å². The topological polar surface area (TPSA) is 41.5 Å². The average molecular weight is 256 g/mol. The van der Waals surface area contributed by atoms with Crippen LogP contribution < -0.4 is 5.43 Å². The van der Waals surface area contributed by atoms with Gasteiger partial charge in [-0.15, -0.1) is 0 Å². The van der Waals surface area contributed by atoms with Gasteiger partial charge in [-0.3, -0.25) is 4.79 Å². The van der Waals surface area contributed by atoms with E-state index in [0.29, 0.717) is 12.3 Å². The number of hydrogen-bond donors (Lipinski definition) is 1. The van der Waals surface area contributed by atoms with Crippen molar-refractivity contribution in [2.75, 3.05) is 0 Å². The SMILES string of the molecule is O=C(CCc1ccccc1)N/N=C/C1CC=CCC1. The highest BCUT2D eigenvalue weighted by Gasteiger charge is 2.06. The van der Waals surface area contributed by atoms with Crippen molar-refractivity contribution in [3.63, 3.8) is 0 Å². The largest absolute Gasteiger partial charge is 0.273 e. The molecular weight excluding hydrogens is 236 g/mol. The number of amides is 1. The number of rotatable bonds is 5. The van der Waals surface area contributed by atoms with Crippen LogP contribution in [-0.2, 0) is 11.2 Å². The maximum Gasteiger partial charge on any atom is 0.240 e. The number of nitrogens with one attached hydrogen (secondary N) is 1. The Bertz CT molecular complexity index is 451. The minimum atomic E-state index is -0.0218. The molecule has 1 aromatic carbocycles. The molecule has 1 amide bonds. The zero-order valence-electron chi connectivity index (χ0n) is 11.1. The van der Waals surface area contributed by atoms with Crippen LogP contribution in [0, 0.1) is 5.92 Å². The first-order valence-corrected chi connectivity index (χ1v) is 6.85. The van der Waals surface area contributed by atoms with E-state index in [-0.39, 0.29) is 5.91 Å². The Morgan fingerprint density at radius 2 is 2.16 bits per heavy atom. The molecule has 0 aliphatic heterocycles. The van der Waals surface area contributed by atoms with Crippen LogP contribution in [0.25, 0.3) is 0 Å². The molecule has 1 unspecified atom stereocenters. The molecule has 0 saturated heterocycles. The van der Waals surface area contributed by atoms with E-state index in [1.165, 1.54) is 5.56 Å². The van der Waals surface area contributed by atoms with E-state index in [4.69, 9.17) is 0 Å². The van der Waals surface area contributed by atoms with Crippen LogP contribution in [0.3, 0.4) is 0 Å². The number of benzene rings is 1. The molecule has 1 aliphatic carbocycles. The van der Waals surface area contributed by atoms with E-state index in [2.05, 4.69) is 22.7 Å². The smallest absolute Gasteiger partial charge is 0.240 e. The van der Waals surface area contributed by atoms with Gasteiger partial charge in [-0.2, -0.15) is 5.10 Å². The molecule has 1 aliphatic rings. The molecule has 100 valence electrons. The van der Waals surface area contributed by atoms with Crippen LogP contribution in [-0.4, -0.2) is 12.1 Å². The molecule has 0 spiro atoms. The zero-order chi connectivity index (χ0) is 13.3. The predicted molar refractivity (Wildman–Crippen MR) is 77.9 cm³/mol. The van der Waals surface area contributed by atoms with E-state index in [1.807, 2.05) is 36.5 Å². The first-order chi connectivity index (χ1) is 9.34. The van der Waals surface area contributed by atoms with Gasteiger partial charge in [0.25, 0.3) is 0 Å². The fraction of sp³-hybridized carbons (Fsp3) is 0.375. The molecule has 0 saturated carbocycles. The number of aryl methyl sites for hydroxylation is 1. The molecule has 0 fully saturated rings. The van der Waals surface area contributed by atoms with Gasteiger partial charge in [-0.25, -0.2) is 5.43 Å². The minimum Gasteiger partial charge on any atom is -0.273 e. The lowest BCUT2D eigenvalue weighted by Gasteiger charge is -2.11. The molecule has 19 heavy (non-hydrogen) atoms. The van der Waals surface area contributed by atoms with Gasteiger partial charge in [0.1, 0.15) is 0 Å². The second-order valence-corrected chi connectivity index (χ2v) is 4.84. The van der Waals surface area contributed by atoms with E-state index < -0.39 is 0 Å². The third kappa shape index (κ3) is 5.08. The average Bonchev–Trinajstić information content (AvgIpc) is 2.47. The van der Waals surface area contributed by atoms with Crippen LogP contribution in [0.1, 0.15) is 31.2 Å². The molecule has 3 nitrogen and oxygen atoms in total. The van der Waals surface area contributed by atoms with E-state index >= 15 is 0 Å². The van der Waals surface area contributed by atoms with Crippen molar-refractivity contribution in [1.82, 2.24) is 5.43 Å². The number of nitrogens with zero attached hydrogens (tertiary/aromatic N) is 1. The number of carbonyl (C=O) groups is 1. The van der Waals surface area contributed by atoms with E-state index in [0.717, 1.165) is 25.7 Å². The summed E-state index contributed by atoms with van der Waals surface area (Å²) in [4.78, 5) is 11.6. The van der Waals surface area contributed by atoms with Crippen LogP contribution in [0.15, 0.2) is 47.6 Å². The molecule has 0 radical (unpaired) electrons. The Hall–Kier alpha value is -1.90. The Labute approximate surface area is 114 Å². The fourth-order valence-electron chi connectivity index (χ4n) is 2.13. The van der Waals surface area contributed by atoms with Gasteiger partial charge in [-0.1, -0.05) is 42.5 Å². The molecule has 0 bridgehead atoms. The summed E-state index contributed by atoms with van der Waals surface area (Å²) in [6, 6.07) is 10.0. The van der Waals surface area contributed by atoms with Crippen molar-refractivity contribution in [1.29, 1.82) is 0 Å². The highest BCUT2D eigenvalue weighted by atomic mass is 16.2. The molecule has 0 aromatic heterocycles. The third-order valence-corrected chi connectivity index (χ3v) is 3.27. The first-order valence-electron chi connectivity index (χ1n) is 6.85.